The van der Waals surface area contributed by atoms with Crippen LogP contribution < -0.4 is 5.32 Å². The molecule has 0 unspecified atom stereocenters. The third-order valence-electron chi connectivity index (χ3n) is 4.31. The Bertz CT molecular complexity index is 526. The van der Waals surface area contributed by atoms with Crippen LogP contribution in [0.1, 0.15) is 29.9 Å². The second-order valence-electron chi connectivity index (χ2n) is 5.67. The molecule has 0 radical (unpaired) electrons. The average molecular weight is 320 g/mol. The Kier molecular flexibility index (Phi) is 4.84. The quantitative estimate of drug-likeness (QED) is 0.827. The number of benzene rings is 2. The van der Waals surface area contributed by atoms with Crippen LogP contribution in [0.25, 0.3) is 0 Å². The van der Waals surface area contributed by atoms with Gasteiger partial charge in [0, 0.05) is 16.0 Å². The molecule has 21 heavy (non-hydrogen) atoms. The summed E-state index contributed by atoms with van der Waals surface area (Å²) in [5.74, 6) is 1.08. The van der Waals surface area contributed by atoms with Gasteiger partial charge in [0.2, 0.25) is 0 Å². The van der Waals surface area contributed by atoms with Gasteiger partial charge in [0.15, 0.2) is 0 Å². The van der Waals surface area contributed by atoms with Gasteiger partial charge in [-0.05, 0) is 67.2 Å². The molecule has 1 heterocycles. The van der Waals surface area contributed by atoms with Crippen molar-refractivity contribution >= 4 is 23.2 Å². The average Bonchev–Trinajstić information content (AvgIpc) is 2.52. The minimum Gasteiger partial charge on any atom is -0.317 e. The van der Waals surface area contributed by atoms with Crippen molar-refractivity contribution in [3.05, 3.63) is 69.7 Å². The number of hydrogen-bond donors (Lipinski definition) is 1. The standard InChI is InChI=1S/C18H19Cl2N/c19-16-5-1-13(2-6-16)18(15-9-11-21-12-10-15)14-3-7-17(20)8-4-14/h1-8,15,18,21H,9-12H2. The van der Waals surface area contributed by atoms with E-state index in [0.717, 1.165) is 23.1 Å². The van der Waals surface area contributed by atoms with E-state index in [-0.39, 0.29) is 0 Å². The largest absolute Gasteiger partial charge is 0.317 e. The Labute approximate surface area is 136 Å². The fourth-order valence-electron chi connectivity index (χ4n) is 3.25. The lowest BCUT2D eigenvalue weighted by atomic mass is 9.76. The predicted molar refractivity (Wildman–Crippen MR) is 90.3 cm³/mol. The number of hydrogen-bond acceptors (Lipinski definition) is 1. The molecule has 1 N–H and O–H groups in total. The van der Waals surface area contributed by atoms with Crippen molar-refractivity contribution in [3.63, 3.8) is 0 Å². The summed E-state index contributed by atoms with van der Waals surface area (Å²) in [4.78, 5) is 0. The number of rotatable bonds is 3. The van der Waals surface area contributed by atoms with Gasteiger partial charge in [-0.2, -0.15) is 0 Å². The van der Waals surface area contributed by atoms with E-state index >= 15 is 0 Å². The van der Waals surface area contributed by atoms with E-state index < -0.39 is 0 Å². The van der Waals surface area contributed by atoms with Gasteiger partial charge in [-0.25, -0.2) is 0 Å². The van der Waals surface area contributed by atoms with Crippen molar-refractivity contribution in [3.8, 4) is 0 Å². The molecule has 0 aliphatic carbocycles. The van der Waals surface area contributed by atoms with E-state index in [1.165, 1.54) is 24.0 Å². The van der Waals surface area contributed by atoms with E-state index in [2.05, 4.69) is 29.6 Å². The fourth-order valence-corrected chi connectivity index (χ4v) is 3.51. The highest BCUT2D eigenvalue weighted by atomic mass is 35.5. The van der Waals surface area contributed by atoms with Crippen LogP contribution in [0.5, 0.6) is 0 Å². The Balaban J connectivity index is 1.97. The van der Waals surface area contributed by atoms with Crippen molar-refractivity contribution in [2.45, 2.75) is 18.8 Å². The van der Waals surface area contributed by atoms with Crippen LogP contribution in [0.4, 0.5) is 0 Å². The minimum absolute atomic E-state index is 0.418. The van der Waals surface area contributed by atoms with Crippen molar-refractivity contribution in [1.29, 1.82) is 0 Å². The van der Waals surface area contributed by atoms with Crippen molar-refractivity contribution in [1.82, 2.24) is 5.32 Å². The zero-order chi connectivity index (χ0) is 14.7. The van der Waals surface area contributed by atoms with Crippen LogP contribution in [-0.4, -0.2) is 13.1 Å². The van der Waals surface area contributed by atoms with Gasteiger partial charge in [-0.3, -0.25) is 0 Å². The van der Waals surface area contributed by atoms with Crippen LogP contribution in [0, 0.1) is 5.92 Å². The molecule has 0 atom stereocenters. The maximum absolute atomic E-state index is 6.04. The van der Waals surface area contributed by atoms with Gasteiger partial charge in [0.05, 0.1) is 0 Å². The zero-order valence-corrected chi connectivity index (χ0v) is 13.4. The number of nitrogens with one attached hydrogen (secondary N) is 1. The summed E-state index contributed by atoms with van der Waals surface area (Å²) >= 11 is 12.1. The van der Waals surface area contributed by atoms with Gasteiger partial charge in [-0.15, -0.1) is 0 Å². The van der Waals surface area contributed by atoms with E-state index in [0.29, 0.717) is 11.8 Å². The summed E-state index contributed by atoms with van der Waals surface area (Å²) in [5, 5.41) is 5.03. The van der Waals surface area contributed by atoms with Crippen LogP contribution in [0.15, 0.2) is 48.5 Å². The maximum Gasteiger partial charge on any atom is 0.0406 e. The Morgan fingerprint density at radius 3 is 1.62 bits per heavy atom. The third kappa shape index (κ3) is 3.60. The van der Waals surface area contributed by atoms with Gasteiger partial charge in [0.25, 0.3) is 0 Å². The first-order valence-electron chi connectivity index (χ1n) is 7.45. The number of halogens is 2. The summed E-state index contributed by atoms with van der Waals surface area (Å²) < 4.78 is 0. The molecule has 3 heteroatoms. The van der Waals surface area contributed by atoms with Gasteiger partial charge in [-0.1, -0.05) is 47.5 Å². The molecule has 1 aliphatic heterocycles. The molecule has 0 aromatic heterocycles. The molecule has 0 amide bonds. The molecule has 110 valence electrons. The minimum atomic E-state index is 0.418. The third-order valence-corrected chi connectivity index (χ3v) is 4.82. The molecular formula is C18H19Cl2N. The fraction of sp³-hybridized carbons (Fsp3) is 0.333. The highest BCUT2D eigenvalue weighted by Gasteiger charge is 2.26. The van der Waals surface area contributed by atoms with E-state index in [4.69, 9.17) is 23.2 Å². The molecule has 2 aromatic rings. The highest BCUT2D eigenvalue weighted by Crippen LogP contribution is 2.37. The van der Waals surface area contributed by atoms with Crippen LogP contribution in [-0.2, 0) is 0 Å². The molecule has 1 aliphatic rings. The number of piperidine rings is 1. The Hall–Kier alpha value is -1.02. The molecule has 2 aromatic carbocycles. The molecule has 1 fully saturated rings. The first kappa shape index (κ1) is 14.9. The van der Waals surface area contributed by atoms with Crippen molar-refractivity contribution in [2.24, 2.45) is 5.92 Å². The smallest absolute Gasteiger partial charge is 0.0406 e. The normalized spacial score (nSPS) is 16.3. The molecule has 0 saturated carbocycles. The van der Waals surface area contributed by atoms with E-state index in [1.807, 2.05) is 24.3 Å². The predicted octanol–water partition coefficient (Wildman–Crippen LogP) is 5.12. The van der Waals surface area contributed by atoms with Gasteiger partial charge >= 0.3 is 0 Å². The second kappa shape index (κ2) is 6.83. The summed E-state index contributed by atoms with van der Waals surface area (Å²) in [6.07, 6.45) is 2.41. The van der Waals surface area contributed by atoms with E-state index in [1.54, 1.807) is 0 Å². The van der Waals surface area contributed by atoms with Crippen molar-refractivity contribution in [2.75, 3.05) is 13.1 Å². The molecule has 1 nitrogen and oxygen atoms in total. The zero-order valence-electron chi connectivity index (χ0n) is 11.9. The highest BCUT2D eigenvalue weighted by molar-refractivity contribution is 6.30. The van der Waals surface area contributed by atoms with E-state index in [9.17, 15) is 0 Å². The Morgan fingerprint density at radius 2 is 1.19 bits per heavy atom. The Morgan fingerprint density at radius 1 is 0.762 bits per heavy atom. The lowest BCUT2D eigenvalue weighted by molar-refractivity contribution is 0.342. The topological polar surface area (TPSA) is 12.0 Å². The summed E-state index contributed by atoms with van der Waals surface area (Å²) in [7, 11) is 0. The molecular weight excluding hydrogens is 301 g/mol. The molecule has 3 rings (SSSR count). The monoisotopic (exact) mass is 319 g/mol. The lowest BCUT2D eigenvalue weighted by Crippen LogP contribution is -2.31. The van der Waals surface area contributed by atoms with Crippen LogP contribution in [0.2, 0.25) is 10.0 Å². The second-order valence-corrected chi connectivity index (χ2v) is 6.54. The first-order chi connectivity index (χ1) is 10.2. The molecule has 0 bridgehead atoms. The molecule has 0 spiro atoms. The lowest BCUT2D eigenvalue weighted by Gasteiger charge is -2.31. The van der Waals surface area contributed by atoms with Crippen molar-refractivity contribution < 1.29 is 0 Å². The maximum atomic E-state index is 6.04. The van der Waals surface area contributed by atoms with Crippen LogP contribution >= 0.6 is 23.2 Å². The first-order valence-corrected chi connectivity index (χ1v) is 8.21. The summed E-state index contributed by atoms with van der Waals surface area (Å²) in [6, 6.07) is 16.6. The summed E-state index contributed by atoms with van der Waals surface area (Å²) in [5.41, 5.74) is 2.68. The SMILES string of the molecule is Clc1ccc(C(c2ccc(Cl)cc2)C2CCNCC2)cc1. The summed E-state index contributed by atoms with van der Waals surface area (Å²) in [6.45, 7) is 2.20. The van der Waals surface area contributed by atoms with Gasteiger partial charge in [0.1, 0.15) is 0 Å². The molecule has 1 saturated heterocycles. The van der Waals surface area contributed by atoms with Gasteiger partial charge < -0.3 is 5.32 Å². The van der Waals surface area contributed by atoms with Crippen LogP contribution in [0.3, 0.4) is 0 Å².